The molecule has 5 rings (SSSR count). The zero-order valence-corrected chi connectivity index (χ0v) is 21.3. The van der Waals surface area contributed by atoms with Gasteiger partial charge in [0.2, 0.25) is 5.91 Å². The van der Waals surface area contributed by atoms with Crippen LogP contribution in [0.3, 0.4) is 0 Å². The minimum atomic E-state index is -0.397. The Morgan fingerprint density at radius 3 is 2.94 bits per heavy atom. The van der Waals surface area contributed by atoms with Crippen molar-refractivity contribution in [1.29, 1.82) is 5.26 Å². The van der Waals surface area contributed by atoms with Crippen molar-refractivity contribution in [3.63, 3.8) is 0 Å². The van der Waals surface area contributed by atoms with E-state index in [4.69, 9.17) is 4.74 Å². The second-order valence-corrected chi connectivity index (χ2v) is 10.7. The molecule has 1 fully saturated rings. The number of carbonyl (C=O) groups excluding carboxylic acids is 1. The van der Waals surface area contributed by atoms with Crippen molar-refractivity contribution >= 4 is 17.2 Å². The second-order valence-electron chi connectivity index (χ2n) is 9.65. The molecule has 0 saturated carbocycles. The number of benzene rings is 2. The first-order chi connectivity index (χ1) is 17.4. The Bertz CT molecular complexity index is 1310. The van der Waals surface area contributed by atoms with Crippen molar-refractivity contribution < 1.29 is 14.6 Å². The molecule has 186 valence electrons. The molecule has 1 amide bonds. The molecular formula is C28H30N4O3S. The summed E-state index contributed by atoms with van der Waals surface area (Å²) in [5, 5.41) is 23.6. The zero-order chi connectivity index (χ0) is 25.2. The first-order valence-electron chi connectivity index (χ1n) is 12.4. The molecule has 0 bridgehead atoms. The SMILES string of the molecule is CC(C)Oc1ccc(-c2ncc(-c3cccc4c3CCC4NCC(=O)N3CCC(O)C3)s2)cc1C#N. The molecule has 7 nitrogen and oxygen atoms in total. The Morgan fingerprint density at radius 2 is 2.19 bits per heavy atom. The van der Waals surface area contributed by atoms with Crippen LogP contribution in [-0.4, -0.2) is 52.7 Å². The van der Waals surface area contributed by atoms with E-state index in [1.165, 1.54) is 16.7 Å². The first kappa shape index (κ1) is 24.4. The molecule has 1 saturated heterocycles. The van der Waals surface area contributed by atoms with E-state index >= 15 is 0 Å². The number of ether oxygens (including phenoxy) is 1. The summed E-state index contributed by atoms with van der Waals surface area (Å²) >= 11 is 1.61. The van der Waals surface area contributed by atoms with E-state index in [1.54, 1.807) is 16.2 Å². The van der Waals surface area contributed by atoms with E-state index in [0.717, 1.165) is 28.3 Å². The van der Waals surface area contributed by atoms with Crippen molar-refractivity contribution in [2.24, 2.45) is 0 Å². The van der Waals surface area contributed by atoms with Gasteiger partial charge in [-0.05, 0) is 68.0 Å². The van der Waals surface area contributed by atoms with Crippen molar-refractivity contribution in [3.8, 4) is 32.8 Å². The number of β-amino-alcohol motifs (C(OH)–C–C–N with tert-alkyl or cyclic N) is 1. The van der Waals surface area contributed by atoms with Crippen LogP contribution in [0.15, 0.2) is 42.6 Å². The molecule has 1 aliphatic heterocycles. The van der Waals surface area contributed by atoms with E-state index in [2.05, 4.69) is 34.6 Å². The number of nitrogens with one attached hydrogen (secondary N) is 1. The third-order valence-electron chi connectivity index (χ3n) is 6.77. The maximum absolute atomic E-state index is 12.5. The van der Waals surface area contributed by atoms with Crippen LogP contribution in [0.25, 0.3) is 21.0 Å². The van der Waals surface area contributed by atoms with E-state index < -0.39 is 6.10 Å². The number of likely N-dealkylation sites (tertiary alicyclic amines) is 1. The maximum Gasteiger partial charge on any atom is 0.236 e. The number of amides is 1. The summed E-state index contributed by atoms with van der Waals surface area (Å²) in [7, 11) is 0. The Morgan fingerprint density at radius 1 is 1.33 bits per heavy atom. The minimum Gasteiger partial charge on any atom is -0.490 e. The molecule has 3 aromatic rings. The van der Waals surface area contributed by atoms with Gasteiger partial charge in [-0.2, -0.15) is 5.26 Å². The molecule has 2 aromatic carbocycles. The lowest BCUT2D eigenvalue weighted by atomic mass is 10.0. The van der Waals surface area contributed by atoms with Crippen LogP contribution in [-0.2, 0) is 11.2 Å². The van der Waals surface area contributed by atoms with Gasteiger partial charge in [0.15, 0.2) is 0 Å². The van der Waals surface area contributed by atoms with Crippen LogP contribution in [0.1, 0.15) is 49.4 Å². The Hall–Kier alpha value is -3.25. The number of fused-ring (bicyclic) bond motifs is 1. The van der Waals surface area contributed by atoms with Gasteiger partial charge in [0.25, 0.3) is 0 Å². The summed E-state index contributed by atoms with van der Waals surface area (Å²) in [5.74, 6) is 0.636. The normalized spacial score (nSPS) is 18.9. The average molecular weight is 503 g/mol. The van der Waals surface area contributed by atoms with Gasteiger partial charge >= 0.3 is 0 Å². The summed E-state index contributed by atoms with van der Waals surface area (Å²) in [6.07, 6.45) is 4.04. The van der Waals surface area contributed by atoms with Crippen LogP contribution in [0.2, 0.25) is 0 Å². The van der Waals surface area contributed by atoms with Gasteiger partial charge in [-0.25, -0.2) is 4.98 Å². The number of nitrogens with zero attached hydrogens (tertiary/aromatic N) is 3. The molecule has 8 heteroatoms. The fourth-order valence-corrected chi connectivity index (χ4v) is 5.99. The van der Waals surface area contributed by atoms with Crippen molar-refractivity contribution in [2.75, 3.05) is 19.6 Å². The van der Waals surface area contributed by atoms with Crippen LogP contribution < -0.4 is 10.1 Å². The topological polar surface area (TPSA) is 98.5 Å². The number of thiazole rings is 1. The maximum atomic E-state index is 12.5. The number of nitriles is 1. The molecule has 0 radical (unpaired) electrons. The second kappa shape index (κ2) is 10.4. The number of carbonyl (C=O) groups is 1. The van der Waals surface area contributed by atoms with Crippen LogP contribution in [0.4, 0.5) is 0 Å². The van der Waals surface area contributed by atoms with E-state index in [9.17, 15) is 15.2 Å². The predicted molar refractivity (Wildman–Crippen MR) is 140 cm³/mol. The lowest BCUT2D eigenvalue weighted by molar-refractivity contribution is -0.129. The first-order valence-corrected chi connectivity index (χ1v) is 13.2. The number of hydrogen-bond donors (Lipinski definition) is 2. The number of hydrogen-bond acceptors (Lipinski definition) is 7. The highest BCUT2D eigenvalue weighted by molar-refractivity contribution is 7.18. The molecule has 2 unspecified atom stereocenters. The standard InChI is InChI=1S/C28H30N4O3S/c1-17(2)35-25-9-6-18(12-19(25)13-29)28-31-14-26(36-28)23-5-3-4-22-21(23)7-8-24(22)30-15-27(34)32-11-10-20(33)16-32/h3-6,9,12,14,17,20,24,30,33H,7-8,10-11,15-16H2,1-2H3. The largest absolute Gasteiger partial charge is 0.490 e. The molecule has 2 heterocycles. The lowest BCUT2D eigenvalue weighted by Gasteiger charge is -2.19. The number of aliphatic hydroxyl groups excluding tert-OH is 1. The summed E-state index contributed by atoms with van der Waals surface area (Å²) in [6.45, 7) is 5.23. The monoisotopic (exact) mass is 502 g/mol. The van der Waals surface area contributed by atoms with Crippen molar-refractivity contribution in [2.45, 2.75) is 51.4 Å². The number of rotatable bonds is 7. The van der Waals surface area contributed by atoms with Crippen molar-refractivity contribution in [1.82, 2.24) is 15.2 Å². The number of aliphatic hydroxyl groups is 1. The van der Waals surface area contributed by atoms with Gasteiger partial charge in [-0.15, -0.1) is 11.3 Å². The molecule has 1 aliphatic carbocycles. The van der Waals surface area contributed by atoms with Crippen LogP contribution in [0.5, 0.6) is 5.75 Å². The molecule has 0 spiro atoms. The third-order valence-corrected chi connectivity index (χ3v) is 7.85. The minimum absolute atomic E-state index is 0.000793. The van der Waals surface area contributed by atoms with Crippen LogP contribution >= 0.6 is 11.3 Å². The van der Waals surface area contributed by atoms with Crippen molar-refractivity contribution in [3.05, 3.63) is 59.3 Å². The van der Waals surface area contributed by atoms with E-state index in [-0.39, 0.29) is 24.6 Å². The molecule has 2 aliphatic rings. The number of aromatic nitrogens is 1. The lowest BCUT2D eigenvalue weighted by Crippen LogP contribution is -2.38. The molecule has 36 heavy (non-hydrogen) atoms. The average Bonchev–Trinajstić information content (AvgIpc) is 3.62. The third kappa shape index (κ3) is 5.00. The quantitative estimate of drug-likeness (QED) is 0.500. The van der Waals surface area contributed by atoms with E-state index in [1.807, 2.05) is 38.2 Å². The highest BCUT2D eigenvalue weighted by Gasteiger charge is 2.28. The van der Waals surface area contributed by atoms with Gasteiger partial charge in [0.05, 0.1) is 29.2 Å². The Balaban J connectivity index is 1.32. The van der Waals surface area contributed by atoms with Gasteiger partial charge < -0.3 is 20.1 Å². The highest BCUT2D eigenvalue weighted by atomic mass is 32.1. The van der Waals surface area contributed by atoms with Gasteiger partial charge in [0, 0.05) is 30.9 Å². The van der Waals surface area contributed by atoms with Gasteiger partial charge in [-0.3, -0.25) is 4.79 Å². The summed E-state index contributed by atoms with van der Waals surface area (Å²) in [6, 6.07) is 14.3. The summed E-state index contributed by atoms with van der Waals surface area (Å²) in [4.78, 5) is 20.0. The highest BCUT2D eigenvalue weighted by Crippen LogP contribution is 2.41. The van der Waals surface area contributed by atoms with E-state index in [0.29, 0.717) is 30.8 Å². The van der Waals surface area contributed by atoms with Gasteiger partial charge in [-0.1, -0.05) is 18.2 Å². The zero-order valence-electron chi connectivity index (χ0n) is 20.5. The molecule has 2 atom stereocenters. The molecule has 1 aromatic heterocycles. The Labute approximate surface area is 215 Å². The smallest absolute Gasteiger partial charge is 0.236 e. The summed E-state index contributed by atoms with van der Waals surface area (Å²) < 4.78 is 5.75. The molecule has 2 N–H and O–H groups in total. The predicted octanol–water partition coefficient (Wildman–Crippen LogP) is 4.31. The fraction of sp³-hybridized carbons (Fsp3) is 0.393. The Kier molecular flexibility index (Phi) is 7.06. The fourth-order valence-electron chi connectivity index (χ4n) is 5.03. The summed E-state index contributed by atoms with van der Waals surface area (Å²) in [5.41, 5.74) is 5.11. The molecular weight excluding hydrogens is 472 g/mol. The van der Waals surface area contributed by atoms with Crippen LogP contribution in [0, 0.1) is 11.3 Å². The van der Waals surface area contributed by atoms with Gasteiger partial charge in [0.1, 0.15) is 16.8 Å².